The van der Waals surface area contributed by atoms with Gasteiger partial charge in [0.1, 0.15) is 17.4 Å². The highest BCUT2D eigenvalue weighted by Crippen LogP contribution is 2.23. The van der Waals surface area contributed by atoms with Crippen LogP contribution in [0.2, 0.25) is 0 Å². The molecule has 4 heteroatoms. The van der Waals surface area contributed by atoms with E-state index in [4.69, 9.17) is 0 Å². The van der Waals surface area contributed by atoms with Crippen molar-refractivity contribution in [2.24, 2.45) is 0 Å². The van der Waals surface area contributed by atoms with Crippen molar-refractivity contribution in [2.45, 2.75) is 51.6 Å². The van der Waals surface area contributed by atoms with Crippen LogP contribution in [0.4, 0.5) is 8.78 Å². The van der Waals surface area contributed by atoms with E-state index in [2.05, 4.69) is 4.90 Å². The van der Waals surface area contributed by atoms with Gasteiger partial charge >= 0.3 is 0 Å². The van der Waals surface area contributed by atoms with Crippen LogP contribution < -0.4 is 0 Å². The van der Waals surface area contributed by atoms with Gasteiger partial charge < -0.3 is 0 Å². The molecule has 1 saturated heterocycles. The highest BCUT2D eigenvalue weighted by Gasteiger charge is 2.24. The largest absolute Gasteiger partial charge is 0.300 e. The lowest BCUT2D eigenvalue weighted by atomic mass is 10.0. The standard InChI is InChI=1S/C16H21F2NO/c1-12(20)10-13-6-3-2-4-9-19(13)11-14-15(17)7-5-8-16(14)18/h5,7-8,13H,2-4,6,9-11H2,1H3. The van der Waals surface area contributed by atoms with Crippen LogP contribution in [0.15, 0.2) is 18.2 Å². The lowest BCUT2D eigenvalue weighted by molar-refractivity contribution is -0.118. The third kappa shape index (κ3) is 3.85. The van der Waals surface area contributed by atoms with Gasteiger partial charge in [0.15, 0.2) is 0 Å². The predicted octanol–water partition coefficient (Wildman–Crippen LogP) is 3.69. The van der Waals surface area contributed by atoms with Crippen molar-refractivity contribution in [2.75, 3.05) is 6.54 Å². The highest BCUT2D eigenvalue weighted by atomic mass is 19.1. The molecule has 1 aliphatic rings. The zero-order chi connectivity index (χ0) is 14.5. The fourth-order valence-corrected chi connectivity index (χ4v) is 2.89. The molecular weight excluding hydrogens is 260 g/mol. The number of carbonyl (C=O) groups excluding carboxylic acids is 1. The minimum Gasteiger partial charge on any atom is -0.300 e. The molecule has 0 bridgehead atoms. The first-order valence-corrected chi connectivity index (χ1v) is 7.24. The van der Waals surface area contributed by atoms with Gasteiger partial charge in [-0.25, -0.2) is 8.78 Å². The van der Waals surface area contributed by atoms with Crippen molar-refractivity contribution in [3.8, 4) is 0 Å². The van der Waals surface area contributed by atoms with Gasteiger partial charge in [-0.05, 0) is 38.4 Å². The summed E-state index contributed by atoms with van der Waals surface area (Å²) in [6.45, 7) is 2.62. The number of ketones is 1. The average Bonchev–Trinajstić information content (AvgIpc) is 2.59. The molecule has 0 aliphatic carbocycles. The zero-order valence-corrected chi connectivity index (χ0v) is 11.9. The van der Waals surface area contributed by atoms with Crippen LogP contribution in [0.5, 0.6) is 0 Å². The first kappa shape index (κ1) is 15.1. The fourth-order valence-electron chi connectivity index (χ4n) is 2.89. The average molecular weight is 281 g/mol. The number of carbonyl (C=O) groups is 1. The maximum absolute atomic E-state index is 13.8. The van der Waals surface area contributed by atoms with E-state index in [1.54, 1.807) is 6.92 Å². The number of Topliss-reactive ketones (excluding diaryl/α,β-unsaturated/α-hetero) is 1. The lowest BCUT2D eigenvalue weighted by Crippen LogP contribution is -2.36. The summed E-state index contributed by atoms with van der Waals surface area (Å²) in [5.41, 5.74) is 0.114. The van der Waals surface area contributed by atoms with E-state index < -0.39 is 11.6 Å². The van der Waals surface area contributed by atoms with Gasteiger partial charge in [0, 0.05) is 24.6 Å². The summed E-state index contributed by atoms with van der Waals surface area (Å²) < 4.78 is 27.5. The Kier molecular flexibility index (Phi) is 5.24. The van der Waals surface area contributed by atoms with Crippen LogP contribution in [0.3, 0.4) is 0 Å². The first-order valence-electron chi connectivity index (χ1n) is 7.24. The first-order chi connectivity index (χ1) is 9.58. The highest BCUT2D eigenvalue weighted by molar-refractivity contribution is 5.76. The van der Waals surface area contributed by atoms with Crippen molar-refractivity contribution in [3.63, 3.8) is 0 Å². The molecule has 0 N–H and O–H groups in total. The number of likely N-dealkylation sites (tertiary alicyclic amines) is 1. The summed E-state index contributed by atoms with van der Waals surface area (Å²) in [7, 11) is 0. The molecular formula is C16H21F2NO. The molecule has 1 fully saturated rings. The second kappa shape index (κ2) is 6.93. The van der Waals surface area contributed by atoms with Crippen LogP contribution in [-0.2, 0) is 11.3 Å². The van der Waals surface area contributed by atoms with Crippen molar-refractivity contribution >= 4 is 5.78 Å². The molecule has 0 saturated carbocycles. The third-order valence-corrected chi connectivity index (χ3v) is 3.95. The zero-order valence-electron chi connectivity index (χ0n) is 11.9. The van der Waals surface area contributed by atoms with E-state index in [-0.39, 0.29) is 23.9 Å². The molecule has 2 nitrogen and oxygen atoms in total. The molecule has 0 radical (unpaired) electrons. The van der Waals surface area contributed by atoms with Crippen LogP contribution in [0.25, 0.3) is 0 Å². The Hall–Kier alpha value is -1.29. The molecule has 0 amide bonds. The number of hydrogen-bond donors (Lipinski definition) is 0. The monoisotopic (exact) mass is 281 g/mol. The summed E-state index contributed by atoms with van der Waals surface area (Å²) in [4.78, 5) is 13.4. The normalized spacial score (nSPS) is 20.6. The Bertz CT molecular complexity index is 455. The number of hydrogen-bond acceptors (Lipinski definition) is 2. The topological polar surface area (TPSA) is 20.3 Å². The van der Waals surface area contributed by atoms with Crippen LogP contribution in [0.1, 0.15) is 44.6 Å². The van der Waals surface area contributed by atoms with Crippen molar-refractivity contribution in [1.82, 2.24) is 4.90 Å². The second-order valence-electron chi connectivity index (χ2n) is 5.58. The Morgan fingerprint density at radius 3 is 2.60 bits per heavy atom. The van der Waals surface area contributed by atoms with Crippen LogP contribution in [0, 0.1) is 11.6 Å². The molecule has 1 heterocycles. The van der Waals surface area contributed by atoms with E-state index >= 15 is 0 Å². The predicted molar refractivity (Wildman–Crippen MR) is 74.3 cm³/mol. The van der Waals surface area contributed by atoms with E-state index in [1.807, 2.05) is 0 Å². The number of benzene rings is 1. The van der Waals surface area contributed by atoms with Crippen molar-refractivity contribution in [1.29, 1.82) is 0 Å². The molecule has 1 aliphatic heterocycles. The van der Waals surface area contributed by atoms with Gasteiger partial charge in [0.25, 0.3) is 0 Å². The quantitative estimate of drug-likeness (QED) is 0.839. The molecule has 1 aromatic carbocycles. The summed E-state index contributed by atoms with van der Waals surface area (Å²) in [5.74, 6) is -0.873. The molecule has 0 aromatic heterocycles. The minimum absolute atomic E-state index is 0.106. The van der Waals surface area contributed by atoms with Gasteiger partial charge in [-0.3, -0.25) is 9.69 Å². The fraction of sp³-hybridized carbons (Fsp3) is 0.562. The number of halogens is 2. The molecule has 20 heavy (non-hydrogen) atoms. The molecule has 110 valence electrons. The molecule has 2 rings (SSSR count). The maximum Gasteiger partial charge on any atom is 0.131 e. The van der Waals surface area contributed by atoms with Gasteiger partial charge in [0.2, 0.25) is 0 Å². The number of nitrogens with zero attached hydrogens (tertiary/aromatic N) is 1. The second-order valence-corrected chi connectivity index (χ2v) is 5.58. The van der Waals surface area contributed by atoms with Gasteiger partial charge in [-0.1, -0.05) is 18.9 Å². The molecule has 1 atom stereocenters. The van der Waals surface area contributed by atoms with E-state index in [0.717, 1.165) is 32.2 Å². The van der Waals surface area contributed by atoms with Gasteiger partial charge in [-0.2, -0.15) is 0 Å². The minimum atomic E-state index is -0.504. The van der Waals surface area contributed by atoms with E-state index in [1.165, 1.54) is 18.2 Å². The van der Waals surface area contributed by atoms with Crippen molar-refractivity contribution < 1.29 is 13.6 Å². The maximum atomic E-state index is 13.8. The van der Waals surface area contributed by atoms with Gasteiger partial charge in [0.05, 0.1) is 0 Å². The molecule has 0 spiro atoms. The smallest absolute Gasteiger partial charge is 0.131 e. The van der Waals surface area contributed by atoms with E-state index in [9.17, 15) is 13.6 Å². The Morgan fingerprint density at radius 2 is 1.95 bits per heavy atom. The molecule has 1 aromatic rings. The number of rotatable bonds is 4. The van der Waals surface area contributed by atoms with Crippen LogP contribution in [-0.4, -0.2) is 23.3 Å². The third-order valence-electron chi connectivity index (χ3n) is 3.95. The Morgan fingerprint density at radius 1 is 1.25 bits per heavy atom. The SMILES string of the molecule is CC(=O)CC1CCCCCN1Cc1c(F)cccc1F. The van der Waals surface area contributed by atoms with Crippen LogP contribution >= 0.6 is 0 Å². The summed E-state index contributed by atoms with van der Waals surface area (Å²) in [6.07, 6.45) is 4.61. The Balaban J connectivity index is 2.16. The summed E-state index contributed by atoms with van der Waals surface area (Å²) in [6, 6.07) is 4.06. The van der Waals surface area contributed by atoms with Crippen molar-refractivity contribution in [3.05, 3.63) is 35.4 Å². The summed E-state index contributed by atoms with van der Waals surface area (Å²) in [5, 5.41) is 0. The summed E-state index contributed by atoms with van der Waals surface area (Å²) >= 11 is 0. The van der Waals surface area contributed by atoms with Gasteiger partial charge in [-0.15, -0.1) is 0 Å². The molecule has 1 unspecified atom stereocenters. The van der Waals surface area contributed by atoms with E-state index in [0.29, 0.717) is 6.42 Å². The lowest BCUT2D eigenvalue weighted by Gasteiger charge is -2.29. The Labute approximate surface area is 118 Å².